The maximum Gasteiger partial charge on any atom is 0.199 e. The van der Waals surface area contributed by atoms with Gasteiger partial charge >= 0.3 is 0 Å². The molecule has 1 atom stereocenters. The van der Waals surface area contributed by atoms with Gasteiger partial charge in [0.1, 0.15) is 0 Å². The molecule has 0 amide bonds. The average molecular weight is 466 g/mol. The first-order chi connectivity index (χ1) is 15.6. The largest absolute Gasteiger partial charge is 0.359 e. The first kappa shape index (κ1) is 21.1. The molecule has 164 valence electrons. The van der Waals surface area contributed by atoms with Crippen molar-refractivity contribution in [1.29, 1.82) is 0 Å². The highest BCUT2D eigenvalue weighted by molar-refractivity contribution is 7.71. The van der Waals surface area contributed by atoms with E-state index in [9.17, 15) is 0 Å². The quantitative estimate of drug-likeness (QED) is 0.333. The van der Waals surface area contributed by atoms with Crippen LogP contribution in [0, 0.1) is 11.7 Å². The van der Waals surface area contributed by atoms with Gasteiger partial charge in [0.25, 0.3) is 0 Å². The molecular formula is C24H24ClN5OS. The highest BCUT2D eigenvalue weighted by Crippen LogP contribution is 2.33. The van der Waals surface area contributed by atoms with E-state index in [0.717, 1.165) is 42.2 Å². The lowest BCUT2D eigenvalue weighted by atomic mass is 10.1. The molecule has 4 aromatic rings. The molecule has 8 heteroatoms. The van der Waals surface area contributed by atoms with Crippen molar-refractivity contribution in [2.45, 2.75) is 39.0 Å². The predicted molar refractivity (Wildman–Crippen MR) is 127 cm³/mol. The van der Waals surface area contributed by atoms with Crippen LogP contribution in [0.15, 0.2) is 65.2 Å². The summed E-state index contributed by atoms with van der Waals surface area (Å²) in [7, 11) is 0. The summed E-state index contributed by atoms with van der Waals surface area (Å²) in [5, 5.41) is 9.72. The van der Waals surface area contributed by atoms with E-state index < -0.39 is 0 Å². The zero-order valence-electron chi connectivity index (χ0n) is 17.8. The smallest absolute Gasteiger partial charge is 0.199 e. The third-order valence-electron chi connectivity index (χ3n) is 5.86. The maximum absolute atomic E-state index is 6.12. The fraction of sp³-hybridized carbons (Fsp3) is 0.292. The Morgan fingerprint density at radius 1 is 1.12 bits per heavy atom. The molecule has 0 N–H and O–H groups in total. The Labute approximate surface area is 197 Å². The molecule has 1 aliphatic heterocycles. The van der Waals surface area contributed by atoms with Gasteiger partial charge in [0.15, 0.2) is 16.4 Å². The third-order valence-corrected chi connectivity index (χ3v) is 6.55. The number of aryl methyl sites for hydroxylation is 1. The van der Waals surface area contributed by atoms with Crippen LogP contribution in [0.2, 0.25) is 5.02 Å². The summed E-state index contributed by atoms with van der Waals surface area (Å²) in [6.45, 7) is 4.17. The molecule has 32 heavy (non-hydrogen) atoms. The summed E-state index contributed by atoms with van der Waals surface area (Å²) in [5.74, 6) is 1.75. The third kappa shape index (κ3) is 4.28. The summed E-state index contributed by atoms with van der Waals surface area (Å²) in [5.41, 5.74) is 3.06. The second-order valence-corrected chi connectivity index (χ2v) is 8.97. The Balaban J connectivity index is 1.50. The van der Waals surface area contributed by atoms with E-state index in [1.807, 2.05) is 60.1 Å². The molecule has 0 saturated carbocycles. The minimum absolute atomic E-state index is 0.191. The number of benzene rings is 2. The lowest BCUT2D eigenvalue weighted by Crippen LogP contribution is -2.26. The highest BCUT2D eigenvalue weighted by atomic mass is 35.5. The summed E-state index contributed by atoms with van der Waals surface area (Å²) >= 11 is 12.0. The molecule has 0 spiro atoms. The van der Waals surface area contributed by atoms with E-state index >= 15 is 0 Å². The maximum atomic E-state index is 6.12. The normalized spacial score (nSPS) is 16.6. The molecule has 3 heterocycles. The van der Waals surface area contributed by atoms with Crippen molar-refractivity contribution in [1.82, 2.24) is 24.4 Å². The van der Waals surface area contributed by atoms with Gasteiger partial charge in [-0.05, 0) is 61.8 Å². The van der Waals surface area contributed by atoms with Crippen molar-refractivity contribution in [3.8, 4) is 11.4 Å². The van der Waals surface area contributed by atoms with Crippen molar-refractivity contribution in [3.63, 3.8) is 0 Å². The van der Waals surface area contributed by atoms with Crippen LogP contribution < -0.4 is 0 Å². The first-order valence-electron chi connectivity index (χ1n) is 10.7. The van der Waals surface area contributed by atoms with E-state index in [4.69, 9.17) is 33.4 Å². The number of nitrogens with zero attached hydrogens (tertiary/aromatic N) is 5. The first-order valence-corrected chi connectivity index (χ1v) is 11.5. The fourth-order valence-corrected chi connectivity index (χ4v) is 4.66. The SMILES string of the molecule is Cc1cc([C@@H]2CCCN2Cn2nc(-c3ccc(Cl)cc3)n(Cc3ccccc3)c2=S)on1. The van der Waals surface area contributed by atoms with E-state index in [1.54, 1.807) is 0 Å². The van der Waals surface area contributed by atoms with Crippen molar-refractivity contribution < 1.29 is 4.52 Å². The van der Waals surface area contributed by atoms with E-state index in [-0.39, 0.29) is 6.04 Å². The molecule has 1 fully saturated rings. The minimum Gasteiger partial charge on any atom is -0.359 e. The number of hydrogen-bond donors (Lipinski definition) is 0. The van der Waals surface area contributed by atoms with Gasteiger partial charge < -0.3 is 4.52 Å². The Morgan fingerprint density at radius 2 is 1.91 bits per heavy atom. The number of likely N-dealkylation sites (tertiary alicyclic amines) is 1. The van der Waals surface area contributed by atoms with Gasteiger partial charge in [0.05, 0.1) is 24.9 Å². The number of halogens is 1. The van der Waals surface area contributed by atoms with E-state index in [2.05, 4.69) is 26.8 Å². The minimum atomic E-state index is 0.191. The van der Waals surface area contributed by atoms with Crippen molar-refractivity contribution in [2.24, 2.45) is 0 Å². The summed E-state index contributed by atoms with van der Waals surface area (Å²) in [6.07, 6.45) is 2.14. The van der Waals surface area contributed by atoms with Crippen LogP contribution in [0.3, 0.4) is 0 Å². The van der Waals surface area contributed by atoms with Crippen molar-refractivity contribution >= 4 is 23.8 Å². The van der Waals surface area contributed by atoms with Crippen LogP contribution >= 0.6 is 23.8 Å². The van der Waals surface area contributed by atoms with Gasteiger partial charge in [-0.25, -0.2) is 4.68 Å². The molecule has 6 nitrogen and oxygen atoms in total. The molecule has 1 aliphatic rings. The lowest BCUT2D eigenvalue weighted by molar-refractivity contribution is 0.163. The number of aromatic nitrogens is 4. The Kier molecular flexibility index (Phi) is 5.95. The lowest BCUT2D eigenvalue weighted by Gasteiger charge is -2.21. The standard InChI is InChI=1S/C24H24ClN5OS/c1-17-14-22(31-27-17)21-8-5-13-28(21)16-30-24(32)29(15-18-6-3-2-4-7-18)23(26-30)19-9-11-20(25)12-10-19/h2-4,6-7,9-12,14,21H,5,8,13,15-16H2,1H3/t21-/m0/s1. The van der Waals surface area contributed by atoms with Crippen LogP contribution in [0.1, 0.15) is 35.9 Å². The predicted octanol–water partition coefficient (Wildman–Crippen LogP) is 5.87. The fourth-order valence-electron chi connectivity index (χ4n) is 4.28. The molecular weight excluding hydrogens is 442 g/mol. The van der Waals surface area contributed by atoms with Gasteiger partial charge in [0.2, 0.25) is 0 Å². The topological polar surface area (TPSA) is 52.0 Å². The molecule has 0 radical (unpaired) electrons. The molecule has 2 aromatic carbocycles. The second kappa shape index (κ2) is 9.02. The number of rotatable bonds is 6. The summed E-state index contributed by atoms with van der Waals surface area (Å²) < 4.78 is 10.3. The van der Waals surface area contributed by atoms with Crippen molar-refractivity contribution in [2.75, 3.05) is 6.54 Å². The Bertz CT molecular complexity index is 1260. The van der Waals surface area contributed by atoms with Gasteiger partial charge in [0, 0.05) is 23.2 Å². The van der Waals surface area contributed by atoms with Gasteiger partial charge in [-0.15, -0.1) is 0 Å². The molecule has 0 bridgehead atoms. The summed E-state index contributed by atoms with van der Waals surface area (Å²) in [4.78, 5) is 2.36. The Hall–Kier alpha value is -2.74. The number of hydrogen-bond acceptors (Lipinski definition) is 5. The molecule has 0 aliphatic carbocycles. The summed E-state index contributed by atoms with van der Waals surface area (Å²) in [6, 6.07) is 20.3. The Morgan fingerprint density at radius 3 is 2.62 bits per heavy atom. The van der Waals surface area contributed by atoms with Gasteiger partial charge in [-0.3, -0.25) is 9.47 Å². The average Bonchev–Trinajstić information content (AvgIpc) is 3.51. The molecule has 1 saturated heterocycles. The van der Waals surface area contributed by atoms with Gasteiger partial charge in [-0.1, -0.05) is 47.1 Å². The van der Waals surface area contributed by atoms with Crippen LogP contribution in [0.4, 0.5) is 0 Å². The van der Waals surface area contributed by atoms with E-state index in [0.29, 0.717) is 23.0 Å². The van der Waals surface area contributed by atoms with Crippen LogP contribution in [-0.4, -0.2) is 30.9 Å². The van der Waals surface area contributed by atoms with E-state index in [1.165, 1.54) is 5.56 Å². The monoisotopic (exact) mass is 465 g/mol. The van der Waals surface area contributed by atoms with Crippen LogP contribution in [-0.2, 0) is 13.2 Å². The molecule has 5 rings (SSSR count). The zero-order chi connectivity index (χ0) is 22.1. The zero-order valence-corrected chi connectivity index (χ0v) is 19.4. The van der Waals surface area contributed by atoms with Crippen molar-refractivity contribution in [3.05, 3.63) is 87.5 Å². The molecule has 0 unspecified atom stereocenters. The van der Waals surface area contributed by atoms with Crippen LogP contribution in [0.25, 0.3) is 11.4 Å². The van der Waals surface area contributed by atoms with Crippen LogP contribution in [0.5, 0.6) is 0 Å². The highest BCUT2D eigenvalue weighted by Gasteiger charge is 2.30. The van der Waals surface area contributed by atoms with Gasteiger partial charge in [-0.2, -0.15) is 5.10 Å². The molecule has 2 aromatic heterocycles. The second-order valence-electron chi connectivity index (χ2n) is 8.17.